The van der Waals surface area contributed by atoms with Crippen LogP contribution in [0.25, 0.3) is 76.2 Å². The predicted octanol–water partition coefficient (Wildman–Crippen LogP) is 15.8. The Balaban J connectivity index is 1.04. The van der Waals surface area contributed by atoms with Gasteiger partial charge in [0.25, 0.3) is 0 Å². The van der Waals surface area contributed by atoms with Crippen molar-refractivity contribution < 1.29 is 9.15 Å². The molecule has 12 aromatic rings. The number of para-hydroxylation sites is 2. The summed E-state index contributed by atoms with van der Waals surface area (Å²) in [6.07, 6.45) is 0. The molecule has 2 heterocycles. The molecule has 68 heavy (non-hydrogen) atoms. The molecule has 3 nitrogen and oxygen atoms in total. The van der Waals surface area contributed by atoms with Crippen LogP contribution in [0.1, 0.15) is 33.4 Å². The molecule has 0 spiro atoms. The Kier molecular flexibility index (Phi) is 9.01. The molecule has 1 aliphatic rings. The van der Waals surface area contributed by atoms with Crippen molar-refractivity contribution in [3.05, 3.63) is 215 Å². The monoisotopic (exact) mass is 873 g/mol. The average molecular weight is 874 g/mol. The van der Waals surface area contributed by atoms with Crippen molar-refractivity contribution in [2.24, 2.45) is 0 Å². The molecule has 0 radical (unpaired) electrons. The molecule has 0 saturated carbocycles. The van der Waals surface area contributed by atoms with Gasteiger partial charge in [0.1, 0.15) is 17.1 Å². The van der Waals surface area contributed by atoms with Gasteiger partial charge in [0.05, 0.1) is 11.4 Å². The summed E-state index contributed by atoms with van der Waals surface area (Å²) in [5.74, 6) is 1.68. The maximum Gasteiger partial charge on any atom is 0.243 e. The van der Waals surface area contributed by atoms with Crippen LogP contribution in [0.3, 0.4) is 0 Å². The zero-order valence-electron chi connectivity index (χ0n) is 39.2. The van der Waals surface area contributed by atoms with Crippen LogP contribution in [0.5, 0.6) is 11.5 Å². The highest BCUT2D eigenvalue weighted by Crippen LogP contribution is 2.52. The zero-order chi connectivity index (χ0) is 45.9. The van der Waals surface area contributed by atoms with Crippen LogP contribution in [0.2, 0.25) is 0 Å². The van der Waals surface area contributed by atoms with E-state index in [1.54, 1.807) is 0 Å². The summed E-state index contributed by atoms with van der Waals surface area (Å²) < 4.78 is 13.8. The summed E-state index contributed by atoms with van der Waals surface area (Å²) in [7, 11) is 0. The normalized spacial score (nSPS) is 12.1. The highest BCUT2D eigenvalue weighted by molar-refractivity contribution is 6.98. The number of fused-ring (bicyclic) bond motifs is 10. The van der Waals surface area contributed by atoms with E-state index in [1.165, 1.54) is 93.0 Å². The van der Waals surface area contributed by atoms with E-state index < -0.39 is 0 Å². The maximum atomic E-state index is 7.11. The van der Waals surface area contributed by atoms with Crippen molar-refractivity contribution in [3.63, 3.8) is 0 Å². The lowest BCUT2D eigenvalue weighted by Gasteiger charge is -2.29. The van der Waals surface area contributed by atoms with Crippen LogP contribution in [-0.2, 0) is 0 Å². The number of furan rings is 1. The molecule has 0 amide bonds. The van der Waals surface area contributed by atoms with Gasteiger partial charge in [-0.3, -0.25) is 0 Å². The smallest absolute Gasteiger partial charge is 0.243 e. The first-order chi connectivity index (χ1) is 33.2. The first-order valence-electron chi connectivity index (χ1n) is 23.8. The standard InChI is InChI=1S/C64H48BNO2/c1-37-29-39(3)62(40(4)30-37)65(63-41(5)31-38(2)32-42(63)6)56-36-54-51-20-14-24-59-61(51)55(35-53(54)47-17-9-10-18-48(47)56)50-28-27-46(34-60(50)67-59)66(45-26-25-43-15-7-8-16-44(43)33-45)57-22-13-21-52-49-19-11-12-23-58(49)68-64(52)57/h7-36H,1-6H3. The molecule has 13 rings (SSSR count). The number of nitrogens with zero attached hydrogens (tertiary/aromatic N) is 1. The third-order valence-corrected chi connectivity index (χ3v) is 14.7. The van der Waals surface area contributed by atoms with Crippen molar-refractivity contribution >= 4 is 105 Å². The molecule has 0 N–H and O–H groups in total. The lowest BCUT2D eigenvalue weighted by atomic mass is 9.33. The average Bonchev–Trinajstić information content (AvgIpc) is 3.72. The van der Waals surface area contributed by atoms with Gasteiger partial charge in [0.15, 0.2) is 5.58 Å². The molecule has 1 aromatic heterocycles. The van der Waals surface area contributed by atoms with Gasteiger partial charge in [-0.05, 0) is 133 Å². The molecule has 0 atom stereocenters. The van der Waals surface area contributed by atoms with Gasteiger partial charge in [0.2, 0.25) is 6.71 Å². The van der Waals surface area contributed by atoms with E-state index in [0.717, 1.165) is 61.4 Å². The molecule has 324 valence electrons. The number of aryl methyl sites for hydroxylation is 6. The van der Waals surface area contributed by atoms with Gasteiger partial charge >= 0.3 is 0 Å². The summed E-state index contributed by atoms with van der Waals surface area (Å²) in [6.45, 7) is 13.6. The zero-order valence-corrected chi connectivity index (χ0v) is 39.2. The van der Waals surface area contributed by atoms with E-state index in [0.29, 0.717) is 0 Å². The molecular formula is C64H48BNO2. The molecule has 11 aromatic carbocycles. The third-order valence-electron chi connectivity index (χ3n) is 14.7. The van der Waals surface area contributed by atoms with E-state index in [9.17, 15) is 0 Å². The van der Waals surface area contributed by atoms with E-state index in [-0.39, 0.29) is 6.71 Å². The Hall–Kier alpha value is -8.08. The van der Waals surface area contributed by atoms with Crippen LogP contribution in [-0.4, -0.2) is 6.71 Å². The van der Waals surface area contributed by atoms with Crippen LogP contribution in [0.4, 0.5) is 17.1 Å². The quantitative estimate of drug-likeness (QED) is 0.123. The summed E-state index contributed by atoms with van der Waals surface area (Å²) in [4.78, 5) is 2.32. The van der Waals surface area contributed by atoms with Gasteiger partial charge < -0.3 is 14.1 Å². The van der Waals surface area contributed by atoms with Gasteiger partial charge in [0, 0.05) is 33.5 Å². The highest BCUT2D eigenvalue weighted by atomic mass is 16.5. The van der Waals surface area contributed by atoms with E-state index in [2.05, 4.69) is 216 Å². The minimum absolute atomic E-state index is 0.0303. The first kappa shape index (κ1) is 40.2. The fraction of sp³-hybridized carbons (Fsp3) is 0.0938. The molecular weight excluding hydrogens is 826 g/mol. The van der Waals surface area contributed by atoms with Crippen molar-refractivity contribution in [2.75, 3.05) is 4.90 Å². The summed E-state index contributed by atoms with van der Waals surface area (Å²) >= 11 is 0. The van der Waals surface area contributed by atoms with Crippen LogP contribution >= 0.6 is 0 Å². The number of rotatable bonds is 6. The van der Waals surface area contributed by atoms with Gasteiger partial charge in [-0.1, -0.05) is 177 Å². The topological polar surface area (TPSA) is 25.6 Å². The lowest BCUT2D eigenvalue weighted by Crippen LogP contribution is -2.56. The Morgan fingerprint density at radius 1 is 0.397 bits per heavy atom. The summed E-state index contributed by atoms with van der Waals surface area (Å²) in [5, 5.41) is 11.9. The number of anilines is 3. The molecule has 0 unspecified atom stereocenters. The van der Waals surface area contributed by atoms with Crippen molar-refractivity contribution in [1.29, 1.82) is 0 Å². The summed E-state index contributed by atoms with van der Waals surface area (Å²) in [5.41, 5.74) is 18.9. The first-order valence-corrected chi connectivity index (χ1v) is 23.8. The number of benzene rings is 11. The van der Waals surface area contributed by atoms with Crippen LogP contribution < -0.4 is 26.0 Å². The SMILES string of the molecule is Cc1cc(C)c(B(c2c(C)cc(C)cc2C)c2cc3c4cccc5c4c(cc3c3ccccc23)-c2ccc(N(c3ccc4ccccc4c3)c3cccc4c3oc3ccccc34)cc2O5)c(C)c1. The van der Waals surface area contributed by atoms with Crippen LogP contribution in [0.15, 0.2) is 186 Å². The Bertz CT molecular complexity index is 4000. The second-order valence-electron chi connectivity index (χ2n) is 19.2. The van der Waals surface area contributed by atoms with Gasteiger partial charge in [-0.15, -0.1) is 0 Å². The van der Waals surface area contributed by atoms with E-state index in [1.807, 2.05) is 12.1 Å². The van der Waals surface area contributed by atoms with Gasteiger partial charge in [-0.25, -0.2) is 0 Å². The summed E-state index contributed by atoms with van der Waals surface area (Å²) in [6, 6.07) is 66.7. The second-order valence-corrected chi connectivity index (χ2v) is 19.2. The van der Waals surface area contributed by atoms with Crippen molar-refractivity contribution in [1.82, 2.24) is 0 Å². The Labute approximate surface area is 396 Å². The minimum atomic E-state index is 0.0303. The van der Waals surface area contributed by atoms with E-state index >= 15 is 0 Å². The number of hydrogen-bond acceptors (Lipinski definition) is 3. The van der Waals surface area contributed by atoms with Crippen LogP contribution in [0, 0.1) is 41.5 Å². The second kappa shape index (κ2) is 15.2. The van der Waals surface area contributed by atoms with Gasteiger partial charge in [-0.2, -0.15) is 0 Å². The largest absolute Gasteiger partial charge is 0.456 e. The number of ether oxygens (including phenoxy) is 1. The molecule has 0 saturated heterocycles. The number of hydrogen-bond donors (Lipinski definition) is 0. The molecule has 0 fully saturated rings. The van der Waals surface area contributed by atoms with Crippen molar-refractivity contribution in [2.45, 2.75) is 41.5 Å². The Morgan fingerprint density at radius 2 is 0.985 bits per heavy atom. The van der Waals surface area contributed by atoms with Crippen molar-refractivity contribution in [3.8, 4) is 22.6 Å². The molecule has 0 aliphatic carbocycles. The highest BCUT2D eigenvalue weighted by Gasteiger charge is 2.32. The Morgan fingerprint density at radius 3 is 1.74 bits per heavy atom. The fourth-order valence-electron chi connectivity index (χ4n) is 12.1. The fourth-order valence-corrected chi connectivity index (χ4v) is 12.1. The molecule has 4 heteroatoms. The lowest BCUT2D eigenvalue weighted by molar-refractivity contribution is 0.487. The maximum absolute atomic E-state index is 7.11. The molecule has 1 aliphatic heterocycles. The molecule has 0 bridgehead atoms. The van der Waals surface area contributed by atoms with E-state index in [4.69, 9.17) is 9.15 Å². The third kappa shape index (κ3) is 6.13. The predicted molar refractivity (Wildman–Crippen MR) is 290 cm³/mol. The minimum Gasteiger partial charge on any atom is -0.456 e.